The molecular weight excluding hydrogens is 318 g/mol. The molecule has 25 heavy (non-hydrogen) atoms. The second-order valence-corrected chi connectivity index (χ2v) is 5.90. The van der Waals surface area contributed by atoms with E-state index < -0.39 is 0 Å². The van der Waals surface area contributed by atoms with E-state index in [1.807, 2.05) is 42.6 Å². The van der Waals surface area contributed by atoms with Crippen molar-refractivity contribution >= 4 is 28.4 Å². The van der Waals surface area contributed by atoms with Crippen LogP contribution in [0.15, 0.2) is 30.6 Å². The summed E-state index contributed by atoms with van der Waals surface area (Å²) < 4.78 is 1.86. The predicted molar refractivity (Wildman–Crippen MR) is 93.3 cm³/mol. The largest absolute Gasteiger partial charge is 0.295 e. The van der Waals surface area contributed by atoms with E-state index in [9.17, 15) is 4.79 Å². The van der Waals surface area contributed by atoms with Gasteiger partial charge in [0, 0.05) is 23.2 Å². The summed E-state index contributed by atoms with van der Waals surface area (Å²) in [5.41, 5.74) is 4.72. The number of nitrogens with zero attached hydrogens (tertiary/aromatic N) is 5. The van der Waals surface area contributed by atoms with Gasteiger partial charge in [0.15, 0.2) is 5.65 Å². The number of aromatic amines is 1. The van der Waals surface area contributed by atoms with Gasteiger partial charge in [-0.3, -0.25) is 10.1 Å². The van der Waals surface area contributed by atoms with E-state index in [1.54, 1.807) is 0 Å². The molecule has 0 fully saturated rings. The zero-order chi connectivity index (χ0) is 17.4. The normalized spacial score (nSPS) is 11.3. The molecule has 3 heterocycles. The Bertz CT molecular complexity index is 1070. The van der Waals surface area contributed by atoms with Crippen LogP contribution in [0.25, 0.3) is 16.6 Å². The van der Waals surface area contributed by atoms with Gasteiger partial charge in [-0.05, 0) is 38.0 Å². The number of carbonyl (C=O) groups excluding carboxylic acids is 1. The zero-order valence-electron chi connectivity index (χ0n) is 13.9. The summed E-state index contributed by atoms with van der Waals surface area (Å²) in [6.45, 7) is 3.98. The third-order valence-corrected chi connectivity index (χ3v) is 4.29. The maximum absolute atomic E-state index is 12.1. The Labute approximate surface area is 143 Å². The molecule has 126 valence electrons. The molecule has 0 saturated carbocycles. The average molecular weight is 335 g/mol. The van der Waals surface area contributed by atoms with Crippen molar-refractivity contribution in [2.24, 2.45) is 0 Å². The first-order valence-electron chi connectivity index (χ1n) is 8.02. The molecule has 0 aliphatic rings. The number of rotatable bonds is 4. The highest BCUT2D eigenvalue weighted by Gasteiger charge is 2.15. The van der Waals surface area contributed by atoms with Gasteiger partial charge in [0.25, 0.3) is 0 Å². The summed E-state index contributed by atoms with van der Waals surface area (Å²) in [6.07, 6.45) is 2.26. The maximum Gasteiger partial charge on any atom is 0.227 e. The highest BCUT2D eigenvalue weighted by atomic mass is 16.1. The first-order chi connectivity index (χ1) is 12.1. The van der Waals surface area contributed by atoms with Crippen LogP contribution in [0.5, 0.6) is 0 Å². The lowest BCUT2D eigenvalue weighted by Gasteiger charge is -2.10. The highest BCUT2D eigenvalue weighted by Crippen LogP contribution is 2.22. The van der Waals surface area contributed by atoms with E-state index in [1.165, 1.54) is 6.33 Å². The standard InChI is InChI=1S/C17H17N7O/c1-10-12(7-8-15(25)21-17-18-9-19-22-17)11(2)24-16(20-10)13-5-3-4-6-14(13)23-24/h3-6,9H,7-8H2,1-2H3,(H2,18,19,21,22,25). The van der Waals surface area contributed by atoms with E-state index in [2.05, 4.69) is 25.6 Å². The SMILES string of the molecule is Cc1nc2c3ccccc3nn2c(C)c1CCC(=O)Nc1ncn[nH]1. The van der Waals surface area contributed by atoms with Gasteiger partial charge in [0.05, 0.1) is 5.52 Å². The Morgan fingerprint density at radius 2 is 2.12 bits per heavy atom. The van der Waals surface area contributed by atoms with Gasteiger partial charge in [-0.15, -0.1) is 0 Å². The van der Waals surface area contributed by atoms with Gasteiger partial charge >= 0.3 is 0 Å². The van der Waals surface area contributed by atoms with Gasteiger partial charge in [0.2, 0.25) is 11.9 Å². The molecule has 0 saturated heterocycles. The van der Waals surface area contributed by atoms with E-state index in [0.717, 1.165) is 33.5 Å². The minimum Gasteiger partial charge on any atom is -0.295 e. The smallest absolute Gasteiger partial charge is 0.227 e. The van der Waals surface area contributed by atoms with Crippen LogP contribution in [0, 0.1) is 13.8 Å². The zero-order valence-corrected chi connectivity index (χ0v) is 13.9. The fraction of sp³-hybridized carbons (Fsp3) is 0.235. The molecule has 0 atom stereocenters. The summed E-state index contributed by atoms with van der Waals surface area (Å²) in [5.74, 6) is 0.228. The van der Waals surface area contributed by atoms with Gasteiger partial charge in [-0.2, -0.15) is 15.2 Å². The summed E-state index contributed by atoms with van der Waals surface area (Å²) in [7, 11) is 0. The van der Waals surface area contributed by atoms with E-state index >= 15 is 0 Å². The number of aromatic nitrogens is 6. The molecule has 2 N–H and O–H groups in total. The molecule has 4 aromatic rings. The van der Waals surface area contributed by atoms with Crippen molar-refractivity contribution in [3.8, 4) is 0 Å². The number of fused-ring (bicyclic) bond motifs is 3. The van der Waals surface area contributed by atoms with Crippen LogP contribution in [-0.2, 0) is 11.2 Å². The van der Waals surface area contributed by atoms with Crippen LogP contribution in [0.4, 0.5) is 5.95 Å². The van der Waals surface area contributed by atoms with Crippen molar-refractivity contribution in [1.29, 1.82) is 0 Å². The number of amides is 1. The number of nitrogens with one attached hydrogen (secondary N) is 2. The summed E-state index contributed by atoms with van der Waals surface area (Å²) in [4.78, 5) is 20.7. The Morgan fingerprint density at radius 1 is 1.28 bits per heavy atom. The van der Waals surface area contributed by atoms with Crippen LogP contribution in [0.2, 0.25) is 0 Å². The number of anilines is 1. The Kier molecular flexibility index (Phi) is 3.64. The molecule has 8 nitrogen and oxygen atoms in total. The molecule has 0 radical (unpaired) electrons. The number of carbonyl (C=O) groups is 1. The average Bonchev–Trinajstić information content (AvgIpc) is 3.22. The molecule has 0 aliphatic heterocycles. The molecule has 0 bridgehead atoms. The quantitative estimate of drug-likeness (QED) is 0.595. The number of H-pyrrole nitrogens is 1. The summed E-state index contributed by atoms with van der Waals surface area (Å²) >= 11 is 0. The van der Waals surface area contributed by atoms with Gasteiger partial charge in [-0.1, -0.05) is 12.1 Å². The third-order valence-electron chi connectivity index (χ3n) is 4.29. The van der Waals surface area contributed by atoms with Crippen LogP contribution in [0.1, 0.15) is 23.4 Å². The third kappa shape index (κ3) is 2.71. The second-order valence-electron chi connectivity index (χ2n) is 5.90. The van der Waals surface area contributed by atoms with E-state index in [-0.39, 0.29) is 5.91 Å². The number of benzene rings is 1. The Morgan fingerprint density at radius 3 is 2.92 bits per heavy atom. The lowest BCUT2D eigenvalue weighted by molar-refractivity contribution is -0.116. The summed E-state index contributed by atoms with van der Waals surface area (Å²) in [5, 5.41) is 14.7. The van der Waals surface area contributed by atoms with E-state index in [0.29, 0.717) is 18.8 Å². The highest BCUT2D eigenvalue weighted by molar-refractivity contribution is 5.92. The molecule has 1 amide bonds. The fourth-order valence-corrected chi connectivity index (χ4v) is 3.04. The number of hydrogen-bond acceptors (Lipinski definition) is 5. The first-order valence-corrected chi connectivity index (χ1v) is 8.02. The molecular formula is C17H17N7O. The van der Waals surface area contributed by atoms with Crippen molar-refractivity contribution in [3.05, 3.63) is 47.5 Å². The molecule has 0 unspecified atom stereocenters. The molecule has 4 rings (SSSR count). The van der Waals surface area contributed by atoms with Crippen LogP contribution in [0.3, 0.4) is 0 Å². The molecule has 1 aromatic carbocycles. The van der Waals surface area contributed by atoms with Crippen LogP contribution < -0.4 is 5.32 Å². The van der Waals surface area contributed by atoms with Crippen LogP contribution >= 0.6 is 0 Å². The lowest BCUT2D eigenvalue weighted by atomic mass is 10.1. The van der Waals surface area contributed by atoms with E-state index in [4.69, 9.17) is 4.98 Å². The summed E-state index contributed by atoms with van der Waals surface area (Å²) in [6, 6.07) is 7.95. The predicted octanol–water partition coefficient (Wildman–Crippen LogP) is 2.19. The molecule has 0 spiro atoms. The second kappa shape index (κ2) is 5.97. The lowest BCUT2D eigenvalue weighted by Crippen LogP contribution is -2.15. The van der Waals surface area contributed by atoms with Gasteiger partial charge in [-0.25, -0.2) is 14.6 Å². The molecule has 8 heteroatoms. The topological polar surface area (TPSA) is 101 Å². The van der Waals surface area contributed by atoms with Crippen molar-refractivity contribution < 1.29 is 4.79 Å². The van der Waals surface area contributed by atoms with Crippen LogP contribution in [-0.4, -0.2) is 35.7 Å². The Balaban J connectivity index is 1.63. The first kappa shape index (κ1) is 15.3. The number of hydrogen-bond donors (Lipinski definition) is 2. The fourth-order valence-electron chi connectivity index (χ4n) is 3.04. The van der Waals surface area contributed by atoms with Crippen molar-refractivity contribution in [3.63, 3.8) is 0 Å². The maximum atomic E-state index is 12.1. The monoisotopic (exact) mass is 335 g/mol. The van der Waals surface area contributed by atoms with Crippen molar-refractivity contribution in [1.82, 2.24) is 29.8 Å². The Hall–Kier alpha value is -3.29. The number of aryl methyl sites for hydroxylation is 2. The van der Waals surface area contributed by atoms with Crippen molar-refractivity contribution in [2.45, 2.75) is 26.7 Å². The minimum atomic E-state index is -0.124. The van der Waals surface area contributed by atoms with Crippen molar-refractivity contribution in [2.75, 3.05) is 5.32 Å². The minimum absolute atomic E-state index is 0.124. The van der Waals surface area contributed by atoms with Gasteiger partial charge < -0.3 is 0 Å². The van der Waals surface area contributed by atoms with Gasteiger partial charge in [0.1, 0.15) is 6.33 Å². The molecule has 0 aliphatic carbocycles. The molecule has 3 aromatic heterocycles.